The molecule has 0 spiro atoms. The number of aromatic nitrogens is 1. The number of anilines is 1. The molecule has 1 heterocycles. The number of pyridine rings is 1. The van der Waals surface area contributed by atoms with Crippen molar-refractivity contribution < 1.29 is 4.79 Å². The SMILES string of the molecule is Cc1ccccc1C(=O)NC(=S)Nc1ccc(Cl)nc1. The van der Waals surface area contributed by atoms with Crippen molar-refractivity contribution in [1.82, 2.24) is 10.3 Å². The number of amides is 1. The van der Waals surface area contributed by atoms with Crippen LogP contribution in [0.2, 0.25) is 5.15 Å². The summed E-state index contributed by atoms with van der Waals surface area (Å²) in [6.07, 6.45) is 1.54. The highest BCUT2D eigenvalue weighted by molar-refractivity contribution is 7.80. The molecule has 0 fully saturated rings. The van der Waals surface area contributed by atoms with Gasteiger partial charge in [-0.1, -0.05) is 29.8 Å². The lowest BCUT2D eigenvalue weighted by atomic mass is 10.1. The van der Waals surface area contributed by atoms with Crippen LogP contribution in [-0.4, -0.2) is 16.0 Å². The van der Waals surface area contributed by atoms with Gasteiger partial charge in [-0.25, -0.2) is 4.98 Å². The molecule has 20 heavy (non-hydrogen) atoms. The number of nitrogens with one attached hydrogen (secondary N) is 2. The van der Waals surface area contributed by atoms with E-state index in [-0.39, 0.29) is 11.0 Å². The Bertz CT molecular complexity index is 643. The van der Waals surface area contributed by atoms with Gasteiger partial charge in [-0.15, -0.1) is 0 Å². The molecule has 0 bridgehead atoms. The van der Waals surface area contributed by atoms with Gasteiger partial charge in [0.15, 0.2) is 5.11 Å². The maximum Gasteiger partial charge on any atom is 0.257 e. The number of hydrogen-bond donors (Lipinski definition) is 2. The lowest BCUT2D eigenvalue weighted by Gasteiger charge is -2.10. The first-order chi connectivity index (χ1) is 9.56. The smallest absolute Gasteiger partial charge is 0.257 e. The molecular weight excluding hydrogens is 294 g/mol. The second-order valence-electron chi connectivity index (χ2n) is 4.09. The summed E-state index contributed by atoms with van der Waals surface area (Å²) in [5.41, 5.74) is 2.14. The van der Waals surface area contributed by atoms with Gasteiger partial charge < -0.3 is 5.32 Å². The molecule has 2 rings (SSSR count). The number of thiocarbonyl (C=S) groups is 1. The van der Waals surface area contributed by atoms with Crippen LogP contribution in [0, 0.1) is 6.92 Å². The summed E-state index contributed by atoms with van der Waals surface area (Å²) < 4.78 is 0. The van der Waals surface area contributed by atoms with Crippen LogP contribution in [0.1, 0.15) is 15.9 Å². The fraction of sp³-hybridized carbons (Fsp3) is 0.0714. The summed E-state index contributed by atoms with van der Waals surface area (Å²) in [4.78, 5) is 16.0. The average Bonchev–Trinajstić information content (AvgIpc) is 2.41. The minimum Gasteiger partial charge on any atom is -0.331 e. The van der Waals surface area contributed by atoms with Crippen LogP contribution >= 0.6 is 23.8 Å². The number of carbonyl (C=O) groups is 1. The van der Waals surface area contributed by atoms with Gasteiger partial charge in [0.2, 0.25) is 0 Å². The summed E-state index contributed by atoms with van der Waals surface area (Å²) in [7, 11) is 0. The minimum atomic E-state index is -0.248. The Morgan fingerprint density at radius 1 is 1.25 bits per heavy atom. The number of rotatable bonds is 2. The Morgan fingerprint density at radius 2 is 2.00 bits per heavy atom. The lowest BCUT2D eigenvalue weighted by Crippen LogP contribution is -2.34. The van der Waals surface area contributed by atoms with E-state index >= 15 is 0 Å². The standard InChI is InChI=1S/C14H12ClN3OS/c1-9-4-2-3-5-11(9)13(19)18-14(20)17-10-6-7-12(15)16-8-10/h2-8H,1H3,(H2,17,18,19,20). The van der Waals surface area contributed by atoms with Gasteiger partial charge in [0.1, 0.15) is 5.15 Å². The van der Waals surface area contributed by atoms with E-state index in [2.05, 4.69) is 15.6 Å². The molecule has 0 aliphatic carbocycles. The highest BCUT2D eigenvalue weighted by Crippen LogP contribution is 2.10. The Morgan fingerprint density at radius 3 is 2.65 bits per heavy atom. The number of benzene rings is 1. The van der Waals surface area contributed by atoms with Crippen molar-refractivity contribution in [2.75, 3.05) is 5.32 Å². The van der Waals surface area contributed by atoms with Gasteiger partial charge in [0, 0.05) is 5.56 Å². The van der Waals surface area contributed by atoms with E-state index in [1.165, 1.54) is 6.20 Å². The van der Waals surface area contributed by atoms with E-state index in [0.717, 1.165) is 5.56 Å². The first kappa shape index (κ1) is 14.4. The zero-order chi connectivity index (χ0) is 14.5. The third-order valence-corrected chi connectivity index (χ3v) is 3.03. The highest BCUT2D eigenvalue weighted by atomic mass is 35.5. The Balaban J connectivity index is 2.00. The topological polar surface area (TPSA) is 54.0 Å². The van der Waals surface area contributed by atoms with Crippen LogP contribution < -0.4 is 10.6 Å². The van der Waals surface area contributed by atoms with E-state index < -0.39 is 0 Å². The third kappa shape index (κ3) is 3.76. The number of hydrogen-bond acceptors (Lipinski definition) is 3. The second kappa shape index (κ2) is 6.45. The van der Waals surface area contributed by atoms with Crippen molar-refractivity contribution in [3.8, 4) is 0 Å². The van der Waals surface area contributed by atoms with Crippen molar-refractivity contribution in [1.29, 1.82) is 0 Å². The van der Waals surface area contributed by atoms with E-state index in [1.807, 2.05) is 25.1 Å². The summed E-state index contributed by atoms with van der Waals surface area (Å²) in [5.74, 6) is -0.248. The number of aryl methyl sites for hydroxylation is 1. The molecule has 6 heteroatoms. The van der Waals surface area contributed by atoms with E-state index in [1.54, 1.807) is 18.2 Å². The molecule has 4 nitrogen and oxygen atoms in total. The molecule has 102 valence electrons. The van der Waals surface area contributed by atoms with Crippen LogP contribution in [0.15, 0.2) is 42.6 Å². The van der Waals surface area contributed by atoms with Crippen LogP contribution in [0.3, 0.4) is 0 Å². The molecule has 0 saturated heterocycles. The molecule has 0 saturated carbocycles. The maximum atomic E-state index is 12.0. The van der Waals surface area contributed by atoms with Gasteiger partial charge in [-0.2, -0.15) is 0 Å². The third-order valence-electron chi connectivity index (χ3n) is 2.60. The quantitative estimate of drug-likeness (QED) is 0.661. The van der Waals surface area contributed by atoms with Gasteiger partial charge >= 0.3 is 0 Å². The molecule has 0 atom stereocenters. The van der Waals surface area contributed by atoms with Crippen molar-refractivity contribution in [3.05, 3.63) is 58.9 Å². The normalized spacial score (nSPS) is 9.90. The zero-order valence-electron chi connectivity index (χ0n) is 10.7. The predicted molar refractivity (Wildman–Crippen MR) is 84.1 cm³/mol. The van der Waals surface area contributed by atoms with E-state index in [4.69, 9.17) is 23.8 Å². The van der Waals surface area contributed by atoms with E-state index in [0.29, 0.717) is 16.4 Å². The number of carbonyl (C=O) groups excluding carboxylic acids is 1. The molecule has 0 aliphatic rings. The van der Waals surface area contributed by atoms with Gasteiger partial charge in [-0.3, -0.25) is 10.1 Å². The molecule has 2 N–H and O–H groups in total. The summed E-state index contributed by atoms with van der Waals surface area (Å²) in [6, 6.07) is 10.7. The molecule has 1 amide bonds. The second-order valence-corrected chi connectivity index (χ2v) is 4.89. The van der Waals surface area contributed by atoms with Crippen LogP contribution in [0.25, 0.3) is 0 Å². The van der Waals surface area contributed by atoms with Crippen molar-refractivity contribution in [3.63, 3.8) is 0 Å². The van der Waals surface area contributed by atoms with Crippen LogP contribution in [-0.2, 0) is 0 Å². The Hall–Kier alpha value is -1.98. The van der Waals surface area contributed by atoms with Gasteiger partial charge in [0.05, 0.1) is 11.9 Å². The first-order valence-corrected chi connectivity index (χ1v) is 6.64. The van der Waals surface area contributed by atoms with Crippen LogP contribution in [0.4, 0.5) is 5.69 Å². The predicted octanol–water partition coefficient (Wildman–Crippen LogP) is 3.17. The Labute approximate surface area is 127 Å². The first-order valence-electron chi connectivity index (χ1n) is 5.86. The lowest BCUT2D eigenvalue weighted by molar-refractivity contribution is 0.0977. The summed E-state index contributed by atoms with van der Waals surface area (Å²) in [5, 5.41) is 6.09. The van der Waals surface area contributed by atoms with Gasteiger partial charge in [-0.05, 0) is 42.9 Å². The molecule has 0 radical (unpaired) electrons. The molecule has 1 aromatic heterocycles. The molecular formula is C14H12ClN3OS. The van der Waals surface area contributed by atoms with E-state index in [9.17, 15) is 4.79 Å². The van der Waals surface area contributed by atoms with Crippen molar-refractivity contribution >= 4 is 40.5 Å². The van der Waals surface area contributed by atoms with Gasteiger partial charge in [0.25, 0.3) is 5.91 Å². The van der Waals surface area contributed by atoms with Crippen molar-refractivity contribution in [2.24, 2.45) is 0 Å². The fourth-order valence-electron chi connectivity index (χ4n) is 1.61. The molecule has 0 aliphatic heterocycles. The summed E-state index contributed by atoms with van der Waals surface area (Å²) in [6.45, 7) is 1.87. The molecule has 2 aromatic rings. The number of halogens is 1. The average molecular weight is 306 g/mol. The maximum absolute atomic E-state index is 12.0. The van der Waals surface area contributed by atoms with Crippen molar-refractivity contribution in [2.45, 2.75) is 6.92 Å². The summed E-state index contributed by atoms with van der Waals surface area (Å²) >= 11 is 10.8. The number of nitrogens with zero attached hydrogens (tertiary/aromatic N) is 1. The molecule has 0 unspecified atom stereocenters. The zero-order valence-corrected chi connectivity index (χ0v) is 12.3. The fourth-order valence-corrected chi connectivity index (χ4v) is 1.93. The minimum absolute atomic E-state index is 0.211. The van der Waals surface area contributed by atoms with Crippen LogP contribution in [0.5, 0.6) is 0 Å². The Kier molecular flexibility index (Phi) is 4.65. The highest BCUT2D eigenvalue weighted by Gasteiger charge is 2.09. The monoisotopic (exact) mass is 305 g/mol. The molecule has 1 aromatic carbocycles. The largest absolute Gasteiger partial charge is 0.331 e.